The first-order valence-electron chi connectivity index (χ1n) is 11.3. The van der Waals surface area contributed by atoms with Crippen LogP contribution in [0.4, 0.5) is 18.9 Å². The number of hydrogen-bond donors (Lipinski definition) is 1. The lowest BCUT2D eigenvalue weighted by Crippen LogP contribution is -2.55. The number of nitrogens with one attached hydrogen (secondary N) is 1. The maximum absolute atomic E-state index is 12.6. The van der Waals surface area contributed by atoms with Crippen molar-refractivity contribution in [3.63, 3.8) is 0 Å². The molecule has 1 aliphatic heterocycles. The summed E-state index contributed by atoms with van der Waals surface area (Å²) in [5, 5.41) is 3.69. The third-order valence-corrected chi connectivity index (χ3v) is 8.00. The maximum Gasteiger partial charge on any atom is 0.379 e. The van der Waals surface area contributed by atoms with Gasteiger partial charge in [0.25, 0.3) is 0 Å². The molecule has 4 rings (SSSR count). The molecule has 2 aliphatic rings. The SMILES string of the molecule is CN(Cc1ccc(NC2Cc3ccccc3C2(C)C)cc1)C(=O)C1CN(S(C)(=O)=O)C1.FC(F)F.[HH]. The molecule has 1 N–H and O–H groups in total. The minimum Gasteiger partial charge on any atom is -0.381 e. The molecular weight excluding hydrogens is 479 g/mol. The summed E-state index contributed by atoms with van der Waals surface area (Å²) in [4.78, 5) is 14.3. The molecule has 2 aromatic carbocycles. The van der Waals surface area contributed by atoms with E-state index < -0.39 is 16.7 Å². The quantitative estimate of drug-likeness (QED) is 0.626. The van der Waals surface area contributed by atoms with Gasteiger partial charge in [0.05, 0.1) is 12.2 Å². The summed E-state index contributed by atoms with van der Waals surface area (Å²) in [7, 11) is -1.43. The van der Waals surface area contributed by atoms with E-state index in [2.05, 4.69) is 55.6 Å². The highest BCUT2D eigenvalue weighted by Gasteiger charge is 2.40. The number of amides is 1. The van der Waals surface area contributed by atoms with Gasteiger partial charge in [0, 0.05) is 45.3 Å². The first-order chi connectivity index (χ1) is 16.3. The van der Waals surface area contributed by atoms with Crippen molar-refractivity contribution in [3.05, 3.63) is 65.2 Å². The normalized spacial score (nSPS) is 19.4. The molecule has 10 heteroatoms. The Morgan fingerprint density at radius 3 is 2.26 bits per heavy atom. The van der Waals surface area contributed by atoms with Crippen LogP contribution in [0, 0.1) is 5.92 Å². The Morgan fingerprint density at radius 2 is 1.71 bits per heavy atom. The van der Waals surface area contributed by atoms with Crippen molar-refractivity contribution < 1.29 is 27.8 Å². The predicted octanol–water partition coefficient (Wildman–Crippen LogP) is 4.28. The monoisotopic (exact) mass is 513 g/mol. The van der Waals surface area contributed by atoms with Crippen LogP contribution in [0.25, 0.3) is 0 Å². The highest BCUT2D eigenvalue weighted by Crippen LogP contribution is 2.39. The molecule has 35 heavy (non-hydrogen) atoms. The van der Waals surface area contributed by atoms with Gasteiger partial charge in [0.1, 0.15) is 0 Å². The number of alkyl halides is 3. The summed E-state index contributed by atoms with van der Waals surface area (Å²) in [5.74, 6) is -0.250. The summed E-state index contributed by atoms with van der Waals surface area (Å²) >= 11 is 0. The third kappa shape index (κ3) is 6.55. The van der Waals surface area contributed by atoms with E-state index in [1.807, 2.05) is 12.1 Å². The largest absolute Gasteiger partial charge is 0.381 e. The summed E-state index contributed by atoms with van der Waals surface area (Å²) in [6, 6.07) is 17.2. The molecule has 1 aliphatic carbocycles. The molecule has 0 bridgehead atoms. The zero-order chi connectivity index (χ0) is 26.0. The van der Waals surface area contributed by atoms with Crippen molar-refractivity contribution in [1.82, 2.24) is 9.21 Å². The number of carbonyl (C=O) groups is 1. The van der Waals surface area contributed by atoms with Gasteiger partial charge in [0.2, 0.25) is 15.9 Å². The predicted molar refractivity (Wildman–Crippen MR) is 133 cm³/mol. The van der Waals surface area contributed by atoms with E-state index in [9.17, 15) is 26.4 Å². The van der Waals surface area contributed by atoms with Crippen molar-refractivity contribution in [2.75, 3.05) is 31.7 Å². The molecule has 0 radical (unpaired) electrons. The van der Waals surface area contributed by atoms with Gasteiger partial charge in [0.15, 0.2) is 0 Å². The van der Waals surface area contributed by atoms with Crippen molar-refractivity contribution >= 4 is 21.6 Å². The molecule has 1 amide bonds. The number of halogens is 3. The fourth-order valence-electron chi connectivity index (χ4n) is 4.66. The van der Waals surface area contributed by atoms with Crippen LogP contribution < -0.4 is 5.32 Å². The average Bonchev–Trinajstić information content (AvgIpc) is 2.97. The molecule has 194 valence electrons. The minimum atomic E-state index is -3.67. The summed E-state index contributed by atoms with van der Waals surface area (Å²) < 4.78 is 53.3. The fourth-order valence-corrected chi connectivity index (χ4v) is 5.56. The molecule has 0 spiro atoms. The highest BCUT2D eigenvalue weighted by atomic mass is 32.2. The number of hydrogen-bond acceptors (Lipinski definition) is 4. The van der Waals surface area contributed by atoms with Crippen LogP contribution in [-0.2, 0) is 33.2 Å². The Labute approximate surface area is 206 Å². The summed E-state index contributed by atoms with van der Waals surface area (Å²) in [6.45, 7) is 1.98. The van der Waals surface area contributed by atoms with Crippen LogP contribution in [0.2, 0.25) is 0 Å². The van der Waals surface area contributed by atoms with Gasteiger partial charge in [-0.1, -0.05) is 50.2 Å². The summed E-state index contributed by atoms with van der Waals surface area (Å²) in [6.07, 6.45) is 2.19. The Morgan fingerprint density at radius 1 is 1.14 bits per heavy atom. The first-order valence-corrected chi connectivity index (χ1v) is 13.2. The first kappa shape index (κ1) is 27.0. The van der Waals surface area contributed by atoms with E-state index in [0.29, 0.717) is 12.6 Å². The van der Waals surface area contributed by atoms with Crippen LogP contribution in [0.3, 0.4) is 0 Å². The number of fused-ring (bicyclic) bond motifs is 1. The van der Waals surface area contributed by atoms with Crippen molar-refractivity contribution in [2.24, 2.45) is 5.92 Å². The molecule has 1 saturated heterocycles. The van der Waals surface area contributed by atoms with E-state index in [0.717, 1.165) is 17.7 Å². The van der Waals surface area contributed by atoms with Crippen LogP contribution in [0.1, 0.15) is 32.0 Å². The zero-order valence-corrected chi connectivity index (χ0v) is 21.2. The average molecular weight is 514 g/mol. The van der Waals surface area contributed by atoms with Crippen molar-refractivity contribution in [3.8, 4) is 0 Å². The molecule has 6 nitrogen and oxygen atoms in total. The van der Waals surface area contributed by atoms with Gasteiger partial charge in [-0.15, -0.1) is 0 Å². The van der Waals surface area contributed by atoms with Crippen LogP contribution in [-0.4, -0.2) is 62.6 Å². The number of benzene rings is 2. The van der Waals surface area contributed by atoms with Gasteiger partial charge < -0.3 is 10.2 Å². The standard InChI is InChI=1S/C24H31N3O3S.CHF3.H2/c1-24(2)21-8-6-5-7-18(21)13-22(24)25-20-11-9-17(10-12-20)14-26(3)23(28)19-15-27(16-19)31(4,29)30;2-1(3)4;/h5-12,19,22,25H,13-16H2,1-4H3;1H;1H. The molecule has 2 aromatic rings. The van der Waals surface area contributed by atoms with Gasteiger partial charge in [-0.05, 0) is 35.2 Å². The number of rotatable bonds is 6. The molecule has 1 unspecified atom stereocenters. The topological polar surface area (TPSA) is 69.7 Å². The minimum absolute atomic E-state index is 0. The molecular formula is C25H34F3N3O3S. The van der Waals surface area contributed by atoms with Gasteiger partial charge >= 0.3 is 6.68 Å². The second-order valence-corrected chi connectivity index (χ2v) is 11.7. The number of sulfonamides is 1. The van der Waals surface area contributed by atoms with Gasteiger partial charge in [-0.3, -0.25) is 4.79 Å². The Hall–Kier alpha value is -2.59. The van der Waals surface area contributed by atoms with Crippen LogP contribution in [0.15, 0.2) is 48.5 Å². The number of anilines is 1. The van der Waals surface area contributed by atoms with Gasteiger partial charge in [-0.2, -0.15) is 13.2 Å². The molecule has 0 saturated carbocycles. The zero-order valence-electron chi connectivity index (χ0n) is 20.3. The second kappa shape index (κ2) is 10.6. The van der Waals surface area contributed by atoms with E-state index in [1.54, 1.807) is 11.9 Å². The lowest BCUT2D eigenvalue weighted by atomic mass is 9.83. The maximum atomic E-state index is 12.6. The molecule has 1 fully saturated rings. The second-order valence-electron chi connectivity index (χ2n) is 9.70. The Balaban J connectivity index is 0.000000850. The van der Waals surface area contributed by atoms with E-state index in [-0.39, 0.29) is 31.8 Å². The van der Waals surface area contributed by atoms with Gasteiger partial charge in [-0.25, -0.2) is 12.7 Å². The van der Waals surface area contributed by atoms with Crippen LogP contribution in [0.5, 0.6) is 0 Å². The summed E-state index contributed by atoms with van der Waals surface area (Å²) in [5.41, 5.74) is 5.01. The molecule has 1 heterocycles. The smallest absolute Gasteiger partial charge is 0.379 e. The lowest BCUT2D eigenvalue weighted by molar-refractivity contribution is -0.138. The lowest BCUT2D eigenvalue weighted by Gasteiger charge is -2.38. The van der Waals surface area contributed by atoms with E-state index in [1.165, 1.54) is 21.7 Å². The van der Waals surface area contributed by atoms with E-state index in [4.69, 9.17) is 0 Å². The third-order valence-electron chi connectivity index (χ3n) is 6.76. The van der Waals surface area contributed by atoms with Crippen molar-refractivity contribution in [2.45, 2.75) is 44.9 Å². The Kier molecular flexibility index (Phi) is 8.16. The molecule has 0 aromatic heterocycles. The Bertz CT molecular complexity index is 1140. The highest BCUT2D eigenvalue weighted by molar-refractivity contribution is 7.88. The number of carbonyl (C=O) groups excluding carboxylic acids is 1. The van der Waals surface area contributed by atoms with E-state index >= 15 is 0 Å². The fraction of sp³-hybridized carbons (Fsp3) is 0.480. The van der Waals surface area contributed by atoms with Crippen molar-refractivity contribution in [1.29, 1.82) is 0 Å². The number of nitrogens with zero attached hydrogens (tertiary/aromatic N) is 2. The molecule has 1 atom stereocenters. The van der Waals surface area contributed by atoms with Crippen LogP contribution >= 0.6 is 0 Å².